The molecule has 3 heterocycles. The van der Waals surface area contributed by atoms with E-state index in [2.05, 4.69) is 19.9 Å². The summed E-state index contributed by atoms with van der Waals surface area (Å²) in [5.41, 5.74) is 1.05. The monoisotopic (exact) mass is 299 g/mol. The van der Waals surface area contributed by atoms with Crippen LogP contribution in [0.5, 0.6) is 0 Å². The van der Waals surface area contributed by atoms with Gasteiger partial charge in [0.1, 0.15) is 5.69 Å². The maximum Gasteiger partial charge on any atom is 0.272 e. The van der Waals surface area contributed by atoms with Gasteiger partial charge in [-0.25, -0.2) is 4.98 Å². The van der Waals surface area contributed by atoms with Crippen LogP contribution >= 0.6 is 0 Å². The average Bonchev–Trinajstić information content (AvgIpc) is 2.56. The van der Waals surface area contributed by atoms with Gasteiger partial charge in [-0.3, -0.25) is 19.5 Å². The molecule has 0 spiro atoms. The molecule has 1 amide bonds. The number of aromatic amines is 1. The first kappa shape index (κ1) is 14.4. The molecule has 2 aromatic heterocycles. The average molecular weight is 299 g/mol. The number of piperazine rings is 1. The second-order valence-corrected chi connectivity index (χ2v) is 5.23. The lowest BCUT2D eigenvalue weighted by molar-refractivity contribution is 0.0622. The van der Waals surface area contributed by atoms with E-state index in [0.717, 1.165) is 19.6 Å². The van der Waals surface area contributed by atoms with Gasteiger partial charge in [0.25, 0.3) is 11.5 Å². The summed E-state index contributed by atoms with van der Waals surface area (Å²) in [4.78, 5) is 38.0. The molecule has 0 aliphatic carbocycles. The molecule has 22 heavy (non-hydrogen) atoms. The zero-order valence-electron chi connectivity index (χ0n) is 12.1. The number of carbonyl (C=O) groups is 1. The number of pyridine rings is 1. The molecule has 1 aliphatic rings. The van der Waals surface area contributed by atoms with Crippen molar-refractivity contribution in [3.8, 4) is 0 Å². The first-order chi connectivity index (χ1) is 10.7. The summed E-state index contributed by atoms with van der Waals surface area (Å²) >= 11 is 0. The molecule has 1 saturated heterocycles. The van der Waals surface area contributed by atoms with E-state index in [-0.39, 0.29) is 17.2 Å². The van der Waals surface area contributed by atoms with Crippen LogP contribution in [-0.2, 0) is 6.54 Å². The Bertz CT molecular complexity index is 692. The lowest BCUT2D eigenvalue weighted by Crippen LogP contribution is -2.48. The number of hydrogen-bond acceptors (Lipinski definition) is 5. The molecule has 0 aromatic carbocycles. The van der Waals surface area contributed by atoms with Crippen LogP contribution < -0.4 is 5.56 Å². The smallest absolute Gasteiger partial charge is 0.272 e. The van der Waals surface area contributed by atoms with Crippen LogP contribution in [-0.4, -0.2) is 56.8 Å². The standard InChI is InChI=1S/C15H17N5O2/c21-14-8-13(17-11-18-14)15(22)20-6-4-19(5-7-20)10-12-2-1-3-16-9-12/h1-3,8-9,11H,4-7,10H2,(H,17,18,21). The molecule has 1 fully saturated rings. The number of H-pyrrole nitrogens is 1. The molecule has 0 radical (unpaired) electrons. The van der Waals surface area contributed by atoms with Crippen LogP contribution in [0.4, 0.5) is 0 Å². The van der Waals surface area contributed by atoms with Crippen molar-refractivity contribution in [2.45, 2.75) is 6.54 Å². The largest absolute Gasteiger partial charge is 0.335 e. The summed E-state index contributed by atoms with van der Waals surface area (Å²) in [6, 6.07) is 5.21. The number of aromatic nitrogens is 3. The van der Waals surface area contributed by atoms with Crippen molar-refractivity contribution in [2.24, 2.45) is 0 Å². The minimum absolute atomic E-state index is 0.188. The van der Waals surface area contributed by atoms with Gasteiger partial charge in [0.05, 0.1) is 6.33 Å². The van der Waals surface area contributed by atoms with Gasteiger partial charge >= 0.3 is 0 Å². The van der Waals surface area contributed by atoms with Gasteiger partial charge in [-0.1, -0.05) is 6.07 Å². The number of rotatable bonds is 3. The van der Waals surface area contributed by atoms with Crippen molar-refractivity contribution in [2.75, 3.05) is 26.2 Å². The molecule has 2 aromatic rings. The maximum atomic E-state index is 12.3. The molecule has 0 unspecified atom stereocenters. The summed E-state index contributed by atoms with van der Waals surface area (Å²) in [5.74, 6) is -0.188. The first-order valence-electron chi connectivity index (χ1n) is 7.17. The minimum atomic E-state index is -0.312. The van der Waals surface area contributed by atoms with Gasteiger partial charge in [0.15, 0.2) is 0 Å². The van der Waals surface area contributed by atoms with E-state index in [9.17, 15) is 9.59 Å². The minimum Gasteiger partial charge on any atom is -0.335 e. The summed E-state index contributed by atoms with van der Waals surface area (Å²) in [5, 5.41) is 0. The van der Waals surface area contributed by atoms with Crippen LogP contribution in [0.25, 0.3) is 0 Å². The third kappa shape index (κ3) is 3.37. The Morgan fingerprint density at radius 2 is 2.09 bits per heavy atom. The Morgan fingerprint density at radius 1 is 1.27 bits per heavy atom. The van der Waals surface area contributed by atoms with Crippen molar-refractivity contribution < 1.29 is 4.79 Å². The quantitative estimate of drug-likeness (QED) is 0.870. The second kappa shape index (κ2) is 6.48. The van der Waals surface area contributed by atoms with E-state index in [1.54, 1.807) is 11.1 Å². The van der Waals surface area contributed by atoms with Crippen molar-refractivity contribution >= 4 is 5.91 Å². The highest BCUT2D eigenvalue weighted by Gasteiger charge is 2.23. The van der Waals surface area contributed by atoms with Crippen molar-refractivity contribution in [1.82, 2.24) is 24.8 Å². The molecule has 7 nitrogen and oxygen atoms in total. The topological polar surface area (TPSA) is 82.2 Å². The molecule has 1 aliphatic heterocycles. The van der Waals surface area contributed by atoms with Crippen LogP contribution in [0, 0.1) is 0 Å². The third-order valence-electron chi connectivity index (χ3n) is 3.69. The fraction of sp³-hybridized carbons (Fsp3) is 0.333. The predicted octanol–water partition coefficient (Wildman–Crippen LogP) is 0.123. The van der Waals surface area contributed by atoms with E-state index in [4.69, 9.17) is 0 Å². The molecule has 114 valence electrons. The summed E-state index contributed by atoms with van der Waals surface area (Å²) in [6.07, 6.45) is 4.88. The predicted molar refractivity (Wildman–Crippen MR) is 80.3 cm³/mol. The van der Waals surface area contributed by atoms with Crippen LogP contribution in [0.3, 0.4) is 0 Å². The SMILES string of the molecule is O=C(c1cc(=O)[nH]cn1)N1CCN(Cc2cccnc2)CC1. The zero-order chi connectivity index (χ0) is 15.4. The zero-order valence-corrected chi connectivity index (χ0v) is 12.1. The summed E-state index contributed by atoms with van der Waals surface area (Å²) < 4.78 is 0. The molecular weight excluding hydrogens is 282 g/mol. The molecular formula is C15H17N5O2. The van der Waals surface area contributed by atoms with Crippen molar-refractivity contribution in [1.29, 1.82) is 0 Å². The highest BCUT2D eigenvalue weighted by atomic mass is 16.2. The molecule has 3 rings (SSSR count). The van der Waals surface area contributed by atoms with Crippen molar-refractivity contribution in [3.05, 3.63) is 58.5 Å². The Balaban J connectivity index is 1.57. The van der Waals surface area contributed by atoms with E-state index in [1.807, 2.05) is 18.3 Å². The fourth-order valence-corrected chi connectivity index (χ4v) is 2.51. The summed E-state index contributed by atoms with van der Waals surface area (Å²) in [6.45, 7) is 3.69. The van der Waals surface area contributed by atoms with Gasteiger partial charge in [-0.2, -0.15) is 0 Å². The molecule has 0 bridgehead atoms. The first-order valence-corrected chi connectivity index (χ1v) is 7.17. The molecule has 1 N–H and O–H groups in total. The van der Waals surface area contributed by atoms with Gasteiger partial charge in [0, 0.05) is 51.2 Å². The van der Waals surface area contributed by atoms with Gasteiger partial charge in [0.2, 0.25) is 0 Å². The van der Waals surface area contributed by atoms with Gasteiger partial charge < -0.3 is 9.88 Å². The number of nitrogens with one attached hydrogen (secondary N) is 1. The molecule has 0 atom stereocenters. The number of hydrogen-bond donors (Lipinski definition) is 1. The highest BCUT2D eigenvalue weighted by Crippen LogP contribution is 2.09. The number of nitrogens with zero attached hydrogens (tertiary/aromatic N) is 4. The normalized spacial score (nSPS) is 15.7. The van der Waals surface area contributed by atoms with Crippen LogP contribution in [0.15, 0.2) is 41.7 Å². The lowest BCUT2D eigenvalue weighted by atomic mass is 10.2. The maximum absolute atomic E-state index is 12.3. The van der Waals surface area contributed by atoms with Gasteiger partial charge in [-0.05, 0) is 11.6 Å². The Morgan fingerprint density at radius 3 is 2.77 bits per heavy atom. The van der Waals surface area contributed by atoms with Gasteiger partial charge in [-0.15, -0.1) is 0 Å². The van der Waals surface area contributed by atoms with Crippen LogP contribution in [0.1, 0.15) is 16.1 Å². The Hall–Kier alpha value is -2.54. The number of carbonyl (C=O) groups excluding carboxylic acids is 1. The Kier molecular flexibility index (Phi) is 4.24. The van der Waals surface area contributed by atoms with E-state index >= 15 is 0 Å². The third-order valence-corrected chi connectivity index (χ3v) is 3.69. The van der Waals surface area contributed by atoms with E-state index < -0.39 is 0 Å². The molecule has 7 heteroatoms. The van der Waals surface area contributed by atoms with E-state index in [0.29, 0.717) is 13.1 Å². The lowest BCUT2D eigenvalue weighted by Gasteiger charge is -2.34. The number of amides is 1. The summed E-state index contributed by atoms with van der Waals surface area (Å²) in [7, 11) is 0. The Labute approximate surface area is 127 Å². The van der Waals surface area contributed by atoms with Crippen molar-refractivity contribution in [3.63, 3.8) is 0 Å². The fourth-order valence-electron chi connectivity index (χ4n) is 2.51. The molecule has 0 saturated carbocycles. The van der Waals surface area contributed by atoms with Crippen LogP contribution in [0.2, 0.25) is 0 Å². The second-order valence-electron chi connectivity index (χ2n) is 5.23. The van der Waals surface area contributed by atoms with E-state index in [1.165, 1.54) is 18.0 Å². The highest BCUT2D eigenvalue weighted by molar-refractivity contribution is 5.92.